The number of amides is 4. The van der Waals surface area contributed by atoms with Gasteiger partial charge in [-0.1, -0.05) is 13.8 Å². The molecule has 0 radical (unpaired) electrons. The normalized spacial score (nSPS) is 15.5. The van der Waals surface area contributed by atoms with E-state index in [4.69, 9.17) is 11.5 Å². The molecule has 0 fully saturated rings. The minimum atomic E-state index is -1.41. The van der Waals surface area contributed by atoms with Gasteiger partial charge in [0.2, 0.25) is 23.6 Å². The van der Waals surface area contributed by atoms with Gasteiger partial charge in [-0.15, -0.1) is 0 Å². The number of nitrogens with zero attached hydrogens (tertiary/aromatic N) is 1. The van der Waals surface area contributed by atoms with Crippen molar-refractivity contribution < 1.29 is 34.2 Å². The molecular weight excluding hydrogens is 450 g/mol. The number of carbonyl (C=O) groups is 5. The molecular formula is C20H33N7O7. The summed E-state index contributed by atoms with van der Waals surface area (Å²) in [5.74, 6) is -4.81. The lowest BCUT2D eigenvalue weighted by atomic mass is 10.0. The van der Waals surface area contributed by atoms with Crippen LogP contribution in [0.25, 0.3) is 0 Å². The van der Waals surface area contributed by atoms with Crippen molar-refractivity contribution in [3.05, 3.63) is 18.2 Å². The van der Waals surface area contributed by atoms with Gasteiger partial charge in [0.1, 0.15) is 24.2 Å². The molecule has 0 aliphatic rings. The highest BCUT2D eigenvalue weighted by Gasteiger charge is 2.32. The molecule has 0 saturated heterocycles. The third-order valence-corrected chi connectivity index (χ3v) is 4.98. The number of carboxylic acid groups (broad SMARTS) is 1. The Morgan fingerprint density at radius 3 is 2.12 bits per heavy atom. The number of H-pyrrole nitrogens is 1. The van der Waals surface area contributed by atoms with Gasteiger partial charge in [-0.3, -0.25) is 19.2 Å². The summed E-state index contributed by atoms with van der Waals surface area (Å²) >= 11 is 0. The summed E-state index contributed by atoms with van der Waals surface area (Å²) in [6.07, 6.45) is 1.09. The lowest BCUT2D eigenvalue weighted by molar-refractivity contribution is -0.142. The van der Waals surface area contributed by atoms with Crippen LogP contribution in [0.3, 0.4) is 0 Å². The van der Waals surface area contributed by atoms with Crippen LogP contribution in [0.1, 0.15) is 39.3 Å². The molecule has 14 heteroatoms. The first-order valence-corrected chi connectivity index (χ1v) is 10.7. The largest absolute Gasteiger partial charge is 0.480 e. The molecule has 0 bridgehead atoms. The summed E-state index contributed by atoms with van der Waals surface area (Å²) in [6.45, 7) is 4.65. The van der Waals surface area contributed by atoms with E-state index in [2.05, 4.69) is 25.9 Å². The zero-order valence-electron chi connectivity index (χ0n) is 19.3. The number of nitrogens with two attached hydrogens (primary N) is 2. The van der Waals surface area contributed by atoms with Gasteiger partial charge in [0.05, 0.1) is 12.4 Å². The second-order valence-electron chi connectivity index (χ2n) is 8.24. The molecule has 0 aromatic carbocycles. The summed E-state index contributed by atoms with van der Waals surface area (Å²) in [7, 11) is 0. The van der Waals surface area contributed by atoms with Crippen molar-refractivity contribution in [2.45, 2.75) is 70.3 Å². The van der Waals surface area contributed by atoms with Gasteiger partial charge in [0.25, 0.3) is 0 Å². The highest BCUT2D eigenvalue weighted by Crippen LogP contribution is 2.07. The Kier molecular flexibility index (Phi) is 11.1. The van der Waals surface area contributed by atoms with E-state index in [1.807, 2.05) is 0 Å². The predicted molar refractivity (Wildman–Crippen MR) is 119 cm³/mol. The van der Waals surface area contributed by atoms with E-state index >= 15 is 0 Å². The second-order valence-corrected chi connectivity index (χ2v) is 8.24. The quantitative estimate of drug-likeness (QED) is 0.135. The minimum Gasteiger partial charge on any atom is -0.480 e. The fraction of sp³-hybridized carbons (Fsp3) is 0.600. The average molecular weight is 484 g/mol. The maximum absolute atomic E-state index is 13.0. The van der Waals surface area contributed by atoms with Crippen molar-refractivity contribution in [2.24, 2.45) is 17.4 Å². The second kappa shape index (κ2) is 13.3. The fourth-order valence-corrected chi connectivity index (χ4v) is 2.91. The average Bonchev–Trinajstić information content (AvgIpc) is 3.25. The number of hydrogen-bond acceptors (Lipinski definition) is 8. The number of imidazole rings is 1. The number of carboxylic acids is 1. The van der Waals surface area contributed by atoms with Gasteiger partial charge in [-0.2, -0.15) is 0 Å². The third-order valence-electron chi connectivity index (χ3n) is 4.98. The Labute approximate surface area is 196 Å². The van der Waals surface area contributed by atoms with Gasteiger partial charge < -0.3 is 42.6 Å². The molecule has 1 aromatic heterocycles. The van der Waals surface area contributed by atoms with Crippen LogP contribution < -0.4 is 27.4 Å². The van der Waals surface area contributed by atoms with Crippen LogP contribution in [0.2, 0.25) is 0 Å². The van der Waals surface area contributed by atoms with Crippen LogP contribution in [-0.4, -0.2) is 80.1 Å². The summed E-state index contributed by atoms with van der Waals surface area (Å²) < 4.78 is 0. The van der Waals surface area contributed by atoms with Crippen LogP contribution in [0.5, 0.6) is 0 Å². The number of aliphatic hydroxyl groups is 1. The van der Waals surface area contributed by atoms with Crippen molar-refractivity contribution in [1.82, 2.24) is 25.9 Å². The molecule has 1 heterocycles. The molecule has 4 amide bonds. The van der Waals surface area contributed by atoms with Gasteiger partial charge in [-0.25, -0.2) is 9.78 Å². The van der Waals surface area contributed by atoms with Crippen LogP contribution in [0, 0.1) is 5.92 Å². The Hall–Kier alpha value is -3.52. The molecule has 34 heavy (non-hydrogen) atoms. The summed E-state index contributed by atoms with van der Waals surface area (Å²) in [5, 5.41) is 26.2. The lowest BCUT2D eigenvalue weighted by Gasteiger charge is -2.27. The molecule has 0 aliphatic heterocycles. The number of rotatable bonds is 14. The number of hydrogen-bond donors (Lipinski definition) is 8. The van der Waals surface area contributed by atoms with E-state index in [-0.39, 0.29) is 19.3 Å². The van der Waals surface area contributed by atoms with Gasteiger partial charge in [0, 0.05) is 24.7 Å². The van der Waals surface area contributed by atoms with Crippen molar-refractivity contribution in [2.75, 3.05) is 0 Å². The standard InChI is InChI=1S/C20H33N7O7/c1-9(2)16(27-18(31)15(22)10(3)28)19(32)26-13(6-11-7-23-8-24-11)17(30)25-12(20(33)34)4-5-14(21)29/h7-10,12-13,15-16,28H,4-6,22H2,1-3H3,(H2,21,29)(H,23,24)(H,25,30)(H,26,32)(H,27,31)(H,33,34). The van der Waals surface area contributed by atoms with Gasteiger partial charge in [-0.05, 0) is 19.3 Å². The van der Waals surface area contributed by atoms with E-state index in [0.29, 0.717) is 5.69 Å². The Morgan fingerprint density at radius 1 is 1.03 bits per heavy atom. The SMILES string of the molecule is CC(C)C(NC(=O)C(N)C(C)O)C(=O)NC(Cc1cnc[nH]1)C(=O)NC(CCC(N)=O)C(=O)O. The van der Waals surface area contributed by atoms with Gasteiger partial charge >= 0.3 is 5.97 Å². The first-order valence-electron chi connectivity index (χ1n) is 10.7. The number of primary amides is 1. The Bertz CT molecular complexity index is 857. The minimum absolute atomic E-state index is 0.0638. The molecule has 5 unspecified atom stereocenters. The van der Waals surface area contributed by atoms with Crippen molar-refractivity contribution in [3.63, 3.8) is 0 Å². The molecule has 0 saturated carbocycles. The van der Waals surface area contributed by atoms with Crippen LogP contribution >= 0.6 is 0 Å². The number of aliphatic hydroxyl groups excluding tert-OH is 1. The molecule has 1 aromatic rings. The number of aromatic nitrogens is 2. The lowest BCUT2D eigenvalue weighted by Crippen LogP contribution is -2.59. The molecule has 0 spiro atoms. The van der Waals surface area contributed by atoms with Crippen LogP contribution in [0.4, 0.5) is 0 Å². The van der Waals surface area contributed by atoms with Crippen molar-refractivity contribution in [3.8, 4) is 0 Å². The molecule has 190 valence electrons. The Morgan fingerprint density at radius 2 is 1.65 bits per heavy atom. The molecule has 10 N–H and O–H groups in total. The number of aliphatic carboxylic acids is 1. The maximum Gasteiger partial charge on any atom is 0.326 e. The maximum atomic E-state index is 13.0. The third kappa shape index (κ3) is 9.15. The molecule has 1 rings (SSSR count). The highest BCUT2D eigenvalue weighted by atomic mass is 16.4. The number of nitrogens with one attached hydrogen (secondary N) is 4. The van der Waals surface area contributed by atoms with Crippen molar-refractivity contribution in [1.29, 1.82) is 0 Å². The zero-order valence-corrected chi connectivity index (χ0v) is 19.3. The van der Waals surface area contributed by atoms with E-state index < -0.39 is 65.8 Å². The Balaban J connectivity index is 3.04. The number of carbonyl (C=O) groups excluding carboxylic acids is 4. The first kappa shape index (κ1) is 28.5. The smallest absolute Gasteiger partial charge is 0.326 e. The van der Waals surface area contributed by atoms with E-state index in [9.17, 15) is 34.2 Å². The highest BCUT2D eigenvalue weighted by molar-refractivity contribution is 5.94. The summed E-state index contributed by atoms with van der Waals surface area (Å²) in [6, 6.07) is -5.02. The molecule has 0 aliphatic carbocycles. The monoisotopic (exact) mass is 483 g/mol. The van der Waals surface area contributed by atoms with Crippen molar-refractivity contribution >= 4 is 29.6 Å². The molecule has 14 nitrogen and oxygen atoms in total. The summed E-state index contributed by atoms with van der Waals surface area (Å²) in [4.78, 5) is 67.3. The van der Waals surface area contributed by atoms with E-state index in [0.717, 1.165) is 0 Å². The summed E-state index contributed by atoms with van der Waals surface area (Å²) in [5.41, 5.74) is 11.2. The number of aromatic amines is 1. The van der Waals surface area contributed by atoms with E-state index in [1.54, 1.807) is 13.8 Å². The fourth-order valence-electron chi connectivity index (χ4n) is 2.91. The first-order chi connectivity index (χ1) is 15.8. The van der Waals surface area contributed by atoms with Gasteiger partial charge in [0.15, 0.2) is 0 Å². The molecule has 5 atom stereocenters. The zero-order chi connectivity index (χ0) is 26.0. The van der Waals surface area contributed by atoms with Crippen LogP contribution in [0.15, 0.2) is 12.5 Å². The topological polar surface area (TPSA) is 243 Å². The predicted octanol–water partition coefficient (Wildman–Crippen LogP) is -2.88. The van der Waals surface area contributed by atoms with Crippen LogP contribution in [-0.2, 0) is 30.4 Å². The van der Waals surface area contributed by atoms with E-state index in [1.165, 1.54) is 19.4 Å².